The van der Waals surface area contributed by atoms with Gasteiger partial charge in [0.2, 0.25) is 0 Å². The van der Waals surface area contributed by atoms with Crippen LogP contribution >= 0.6 is 11.6 Å². The summed E-state index contributed by atoms with van der Waals surface area (Å²) >= 11 is 5.92. The average molecular weight is 262 g/mol. The first-order valence-electron chi connectivity index (χ1n) is 5.82. The van der Waals surface area contributed by atoms with Gasteiger partial charge < -0.3 is 9.67 Å². The number of aromatic nitrogens is 1. The van der Waals surface area contributed by atoms with E-state index >= 15 is 0 Å². The first-order valence-corrected chi connectivity index (χ1v) is 6.20. The van der Waals surface area contributed by atoms with Crippen LogP contribution in [0.4, 0.5) is 0 Å². The van der Waals surface area contributed by atoms with Crippen LogP contribution in [0.2, 0.25) is 5.02 Å². The zero-order valence-corrected chi connectivity index (χ0v) is 10.4. The minimum atomic E-state index is -0.933. The van der Waals surface area contributed by atoms with Crippen molar-refractivity contribution in [1.82, 2.24) is 4.57 Å². The highest BCUT2D eigenvalue weighted by Crippen LogP contribution is 2.32. The summed E-state index contributed by atoms with van der Waals surface area (Å²) < 4.78 is 1.78. The van der Waals surface area contributed by atoms with Crippen LogP contribution < -0.4 is 0 Å². The van der Waals surface area contributed by atoms with E-state index in [4.69, 9.17) is 11.6 Å². The Labute approximate surface area is 110 Å². The molecule has 2 aromatic rings. The number of carboxylic acid groups (broad SMARTS) is 1. The normalized spacial score (nSPS) is 14.7. The number of nitrogens with zero attached hydrogens (tertiary/aromatic N) is 1. The second-order valence-corrected chi connectivity index (χ2v) is 5.02. The molecule has 1 aliphatic rings. The molecule has 0 atom stereocenters. The zero-order valence-electron chi connectivity index (χ0n) is 9.64. The molecule has 0 saturated heterocycles. The van der Waals surface area contributed by atoms with Crippen molar-refractivity contribution in [2.24, 2.45) is 0 Å². The number of aromatic carboxylic acids is 1. The SMILES string of the molecule is O=C(O)c1cc(Cl)cn1C1Cc2ccccc2C1. The lowest BCUT2D eigenvalue weighted by atomic mass is 10.1. The summed E-state index contributed by atoms with van der Waals surface area (Å²) in [7, 11) is 0. The Kier molecular flexibility index (Phi) is 2.63. The van der Waals surface area contributed by atoms with Gasteiger partial charge in [-0.1, -0.05) is 35.9 Å². The quantitative estimate of drug-likeness (QED) is 0.902. The molecule has 0 spiro atoms. The molecule has 1 aromatic carbocycles. The second-order valence-electron chi connectivity index (χ2n) is 4.59. The number of halogens is 1. The molecular formula is C14H12ClNO2. The van der Waals surface area contributed by atoms with E-state index in [1.54, 1.807) is 10.8 Å². The highest BCUT2D eigenvalue weighted by Gasteiger charge is 2.25. The molecule has 18 heavy (non-hydrogen) atoms. The maximum atomic E-state index is 11.2. The number of carbonyl (C=O) groups is 1. The van der Waals surface area contributed by atoms with Crippen LogP contribution in [0.15, 0.2) is 36.5 Å². The van der Waals surface area contributed by atoms with Crippen LogP contribution in [0, 0.1) is 0 Å². The standard InChI is InChI=1S/C14H12ClNO2/c15-11-7-13(14(17)18)16(8-11)12-5-9-3-1-2-4-10(9)6-12/h1-4,7-8,12H,5-6H2,(H,17,18). The van der Waals surface area contributed by atoms with Crippen LogP contribution in [0.1, 0.15) is 27.7 Å². The summed E-state index contributed by atoms with van der Waals surface area (Å²) in [5.41, 5.74) is 2.85. The van der Waals surface area contributed by atoms with Crippen molar-refractivity contribution in [3.05, 3.63) is 58.4 Å². The fraction of sp³-hybridized carbons (Fsp3) is 0.214. The second kappa shape index (κ2) is 4.18. The van der Waals surface area contributed by atoms with E-state index in [0.29, 0.717) is 5.02 Å². The first kappa shape index (κ1) is 11.4. The van der Waals surface area contributed by atoms with Gasteiger partial charge in [0.1, 0.15) is 5.69 Å². The number of carboxylic acids is 1. The molecule has 92 valence electrons. The lowest BCUT2D eigenvalue weighted by molar-refractivity contribution is 0.0682. The molecule has 0 saturated carbocycles. The Morgan fingerprint density at radius 3 is 2.44 bits per heavy atom. The summed E-state index contributed by atoms with van der Waals surface area (Å²) in [5.74, 6) is -0.933. The molecule has 0 radical (unpaired) electrons. The third-order valence-corrected chi connectivity index (χ3v) is 3.66. The van der Waals surface area contributed by atoms with Crippen molar-refractivity contribution in [3.8, 4) is 0 Å². The summed E-state index contributed by atoms with van der Waals surface area (Å²) in [6, 6.07) is 9.89. The molecule has 4 heteroatoms. The van der Waals surface area contributed by atoms with Crippen LogP contribution in [0.25, 0.3) is 0 Å². The largest absolute Gasteiger partial charge is 0.477 e. The zero-order chi connectivity index (χ0) is 12.7. The van der Waals surface area contributed by atoms with Gasteiger partial charge >= 0.3 is 5.97 Å². The van der Waals surface area contributed by atoms with E-state index in [-0.39, 0.29) is 11.7 Å². The number of hydrogen-bond acceptors (Lipinski definition) is 1. The van der Waals surface area contributed by atoms with Crippen LogP contribution in [0.5, 0.6) is 0 Å². The van der Waals surface area contributed by atoms with Crippen LogP contribution in [-0.4, -0.2) is 15.6 Å². The molecule has 0 aliphatic heterocycles. The molecule has 3 rings (SSSR count). The van der Waals surface area contributed by atoms with Gasteiger partial charge in [-0.05, 0) is 30.0 Å². The van der Waals surface area contributed by atoms with Crippen LogP contribution in [-0.2, 0) is 12.8 Å². The van der Waals surface area contributed by atoms with Crippen molar-refractivity contribution >= 4 is 17.6 Å². The van der Waals surface area contributed by atoms with E-state index in [1.807, 2.05) is 12.1 Å². The number of rotatable bonds is 2. The van der Waals surface area contributed by atoms with E-state index in [2.05, 4.69) is 12.1 Å². The van der Waals surface area contributed by atoms with Gasteiger partial charge in [-0.25, -0.2) is 4.79 Å². The topological polar surface area (TPSA) is 42.2 Å². The van der Waals surface area contributed by atoms with Crippen molar-refractivity contribution < 1.29 is 9.90 Å². The smallest absolute Gasteiger partial charge is 0.352 e. The summed E-state index contributed by atoms with van der Waals surface area (Å²) in [6.45, 7) is 0. The first-order chi connectivity index (χ1) is 8.65. The minimum absolute atomic E-state index is 0.154. The van der Waals surface area contributed by atoms with E-state index < -0.39 is 5.97 Å². The number of hydrogen-bond donors (Lipinski definition) is 1. The summed E-state index contributed by atoms with van der Waals surface area (Å²) in [5, 5.41) is 9.65. The Morgan fingerprint density at radius 2 is 1.89 bits per heavy atom. The molecular weight excluding hydrogens is 250 g/mol. The predicted octanol–water partition coefficient (Wildman–Crippen LogP) is 3.18. The van der Waals surface area contributed by atoms with Crippen molar-refractivity contribution in [2.45, 2.75) is 18.9 Å². The maximum Gasteiger partial charge on any atom is 0.352 e. The van der Waals surface area contributed by atoms with Gasteiger partial charge in [0.05, 0.1) is 5.02 Å². The van der Waals surface area contributed by atoms with Gasteiger partial charge in [0.15, 0.2) is 0 Å². The molecule has 0 amide bonds. The Balaban J connectivity index is 1.97. The lowest BCUT2D eigenvalue weighted by Gasteiger charge is -2.13. The van der Waals surface area contributed by atoms with E-state index in [0.717, 1.165) is 12.8 Å². The molecule has 3 nitrogen and oxygen atoms in total. The average Bonchev–Trinajstić information content (AvgIpc) is 2.91. The van der Waals surface area contributed by atoms with Gasteiger partial charge in [0, 0.05) is 12.2 Å². The Hall–Kier alpha value is -1.74. The van der Waals surface area contributed by atoms with Gasteiger partial charge in [0.25, 0.3) is 0 Å². The third kappa shape index (κ3) is 1.81. The Morgan fingerprint density at radius 1 is 1.28 bits per heavy atom. The maximum absolute atomic E-state index is 11.2. The van der Waals surface area contributed by atoms with Gasteiger partial charge in [-0.2, -0.15) is 0 Å². The Bertz CT molecular complexity index is 593. The highest BCUT2D eigenvalue weighted by atomic mass is 35.5. The molecule has 1 aliphatic carbocycles. The number of benzene rings is 1. The fourth-order valence-electron chi connectivity index (χ4n) is 2.65. The summed E-state index contributed by atoms with van der Waals surface area (Å²) in [4.78, 5) is 11.2. The molecule has 0 unspecified atom stereocenters. The predicted molar refractivity (Wildman–Crippen MR) is 69.3 cm³/mol. The molecule has 1 aromatic heterocycles. The van der Waals surface area contributed by atoms with Gasteiger partial charge in [-0.3, -0.25) is 0 Å². The molecule has 1 heterocycles. The highest BCUT2D eigenvalue weighted by molar-refractivity contribution is 6.30. The van der Waals surface area contributed by atoms with E-state index in [9.17, 15) is 9.90 Å². The monoisotopic (exact) mass is 261 g/mol. The molecule has 1 N–H and O–H groups in total. The molecule has 0 fully saturated rings. The summed E-state index contributed by atoms with van der Waals surface area (Å²) in [6.07, 6.45) is 3.43. The third-order valence-electron chi connectivity index (χ3n) is 3.46. The van der Waals surface area contributed by atoms with Crippen molar-refractivity contribution in [3.63, 3.8) is 0 Å². The minimum Gasteiger partial charge on any atom is -0.477 e. The van der Waals surface area contributed by atoms with Crippen LogP contribution in [0.3, 0.4) is 0 Å². The molecule has 0 bridgehead atoms. The van der Waals surface area contributed by atoms with Crippen molar-refractivity contribution in [2.75, 3.05) is 0 Å². The lowest BCUT2D eigenvalue weighted by Crippen LogP contribution is -2.14. The number of fused-ring (bicyclic) bond motifs is 1. The van der Waals surface area contributed by atoms with E-state index in [1.165, 1.54) is 17.2 Å². The van der Waals surface area contributed by atoms with Gasteiger partial charge in [-0.15, -0.1) is 0 Å². The van der Waals surface area contributed by atoms with Crippen molar-refractivity contribution in [1.29, 1.82) is 0 Å². The fourth-order valence-corrected chi connectivity index (χ4v) is 2.86.